The number of carbonyl (C=O) groups excluding carboxylic acids is 1. The predicted molar refractivity (Wildman–Crippen MR) is 78.2 cm³/mol. The number of rotatable bonds is 5. The fraction of sp³-hybridized carbons (Fsp3) is 0.125. The van der Waals surface area contributed by atoms with Crippen molar-refractivity contribution in [2.45, 2.75) is 0 Å². The van der Waals surface area contributed by atoms with Crippen LogP contribution in [0.2, 0.25) is 0 Å². The quantitative estimate of drug-likeness (QED) is 0.921. The highest BCUT2D eigenvalue weighted by atomic mass is 19.1. The SMILES string of the molecule is COc1cc(C#N)ccc1OCC(=O)Nc1ccc(F)cc1. The van der Waals surface area contributed by atoms with Crippen LogP contribution in [-0.4, -0.2) is 19.6 Å². The Balaban J connectivity index is 1.96. The number of amides is 1. The summed E-state index contributed by atoms with van der Waals surface area (Å²) >= 11 is 0. The van der Waals surface area contributed by atoms with Gasteiger partial charge in [-0.15, -0.1) is 0 Å². The first-order chi connectivity index (χ1) is 10.6. The van der Waals surface area contributed by atoms with Crippen molar-refractivity contribution in [3.8, 4) is 17.6 Å². The number of hydrogen-bond acceptors (Lipinski definition) is 4. The topological polar surface area (TPSA) is 71.3 Å². The predicted octanol–water partition coefficient (Wildman–Crippen LogP) is 2.72. The summed E-state index contributed by atoms with van der Waals surface area (Å²) in [5.41, 5.74) is 0.904. The molecule has 0 aliphatic heterocycles. The summed E-state index contributed by atoms with van der Waals surface area (Å²) in [6.45, 7) is -0.236. The first kappa shape index (κ1) is 15.3. The first-order valence-electron chi connectivity index (χ1n) is 6.38. The van der Waals surface area contributed by atoms with Crippen LogP contribution in [0.5, 0.6) is 11.5 Å². The maximum atomic E-state index is 12.8. The zero-order chi connectivity index (χ0) is 15.9. The van der Waals surface area contributed by atoms with Gasteiger partial charge in [0.15, 0.2) is 18.1 Å². The molecule has 0 bridgehead atoms. The van der Waals surface area contributed by atoms with E-state index >= 15 is 0 Å². The molecule has 5 nitrogen and oxygen atoms in total. The van der Waals surface area contributed by atoms with Crippen molar-refractivity contribution in [1.82, 2.24) is 0 Å². The number of ether oxygens (including phenoxy) is 2. The highest BCUT2D eigenvalue weighted by Crippen LogP contribution is 2.27. The lowest BCUT2D eigenvalue weighted by Gasteiger charge is -2.11. The Kier molecular flexibility index (Phi) is 4.94. The number of nitrogens with zero attached hydrogens (tertiary/aromatic N) is 1. The van der Waals surface area contributed by atoms with Crippen molar-refractivity contribution >= 4 is 11.6 Å². The number of anilines is 1. The summed E-state index contributed by atoms with van der Waals surface area (Å²) in [5.74, 6) is -0.0426. The first-order valence-corrected chi connectivity index (χ1v) is 6.38. The van der Waals surface area contributed by atoms with E-state index in [0.717, 1.165) is 0 Å². The standard InChI is InChI=1S/C16H13FN2O3/c1-21-15-8-11(9-18)2-7-14(15)22-10-16(20)19-13-5-3-12(17)4-6-13/h2-8H,10H2,1H3,(H,19,20). The molecular weight excluding hydrogens is 287 g/mol. The Hall–Kier alpha value is -3.07. The molecule has 0 spiro atoms. The lowest BCUT2D eigenvalue weighted by Crippen LogP contribution is -2.20. The van der Waals surface area contributed by atoms with Gasteiger partial charge in [0.05, 0.1) is 18.7 Å². The van der Waals surface area contributed by atoms with Gasteiger partial charge in [-0.05, 0) is 36.4 Å². The second-order valence-corrected chi connectivity index (χ2v) is 4.32. The minimum absolute atomic E-state index is 0.236. The Morgan fingerprint density at radius 3 is 2.59 bits per heavy atom. The molecule has 6 heteroatoms. The molecule has 0 unspecified atom stereocenters. The van der Waals surface area contributed by atoms with Gasteiger partial charge >= 0.3 is 0 Å². The van der Waals surface area contributed by atoms with Crippen LogP contribution in [0, 0.1) is 17.1 Å². The second kappa shape index (κ2) is 7.09. The van der Waals surface area contributed by atoms with Gasteiger partial charge in [0.2, 0.25) is 0 Å². The zero-order valence-electron chi connectivity index (χ0n) is 11.8. The van der Waals surface area contributed by atoms with Gasteiger partial charge in [0.25, 0.3) is 5.91 Å². The lowest BCUT2D eigenvalue weighted by molar-refractivity contribution is -0.118. The number of halogens is 1. The van der Waals surface area contributed by atoms with Crippen molar-refractivity contribution in [1.29, 1.82) is 5.26 Å². The normalized spacial score (nSPS) is 9.68. The Labute approximate surface area is 126 Å². The van der Waals surface area contributed by atoms with E-state index in [1.165, 1.54) is 37.4 Å². The fourth-order valence-electron chi connectivity index (χ4n) is 1.73. The monoisotopic (exact) mass is 300 g/mol. The molecule has 0 saturated carbocycles. The number of methoxy groups -OCH3 is 1. The summed E-state index contributed by atoms with van der Waals surface area (Å²) < 4.78 is 23.2. The van der Waals surface area contributed by atoms with Crippen molar-refractivity contribution in [3.63, 3.8) is 0 Å². The van der Waals surface area contributed by atoms with Crippen LogP contribution in [0.1, 0.15) is 5.56 Å². The molecular formula is C16H13FN2O3. The lowest BCUT2D eigenvalue weighted by atomic mass is 10.2. The van der Waals surface area contributed by atoms with Crippen molar-refractivity contribution in [2.24, 2.45) is 0 Å². The summed E-state index contributed by atoms with van der Waals surface area (Å²) in [5, 5.41) is 11.4. The van der Waals surface area contributed by atoms with Crippen LogP contribution in [0.25, 0.3) is 0 Å². The van der Waals surface area contributed by atoms with Crippen LogP contribution in [0.4, 0.5) is 10.1 Å². The highest BCUT2D eigenvalue weighted by molar-refractivity contribution is 5.91. The van der Waals surface area contributed by atoms with Gasteiger partial charge in [-0.2, -0.15) is 5.26 Å². The number of hydrogen-bond donors (Lipinski definition) is 1. The zero-order valence-corrected chi connectivity index (χ0v) is 11.8. The van der Waals surface area contributed by atoms with Crippen molar-refractivity contribution in [2.75, 3.05) is 19.0 Å². The van der Waals surface area contributed by atoms with E-state index in [2.05, 4.69) is 5.32 Å². The fourth-order valence-corrected chi connectivity index (χ4v) is 1.73. The van der Waals surface area contributed by atoms with E-state index in [9.17, 15) is 9.18 Å². The van der Waals surface area contributed by atoms with E-state index in [1.54, 1.807) is 12.1 Å². The van der Waals surface area contributed by atoms with Crippen molar-refractivity contribution in [3.05, 3.63) is 53.8 Å². The Morgan fingerprint density at radius 2 is 1.95 bits per heavy atom. The van der Waals surface area contributed by atoms with E-state index in [4.69, 9.17) is 14.7 Å². The summed E-state index contributed by atoms with van der Waals surface area (Å²) in [7, 11) is 1.45. The molecule has 0 fully saturated rings. The Bertz CT molecular complexity index is 708. The molecule has 2 rings (SSSR count). The minimum atomic E-state index is -0.391. The average Bonchev–Trinajstić information content (AvgIpc) is 2.55. The van der Waals surface area contributed by atoms with E-state index < -0.39 is 5.91 Å². The van der Waals surface area contributed by atoms with Gasteiger partial charge in [0, 0.05) is 11.8 Å². The summed E-state index contributed by atoms with van der Waals surface area (Å²) in [6, 6.07) is 12.0. The molecule has 0 atom stereocenters. The molecule has 1 N–H and O–H groups in total. The van der Waals surface area contributed by atoms with Crippen molar-refractivity contribution < 1.29 is 18.7 Å². The molecule has 0 saturated heterocycles. The number of benzene rings is 2. The van der Waals surface area contributed by atoms with Gasteiger partial charge < -0.3 is 14.8 Å². The molecule has 0 heterocycles. The van der Waals surface area contributed by atoms with Gasteiger partial charge in [-0.25, -0.2) is 4.39 Å². The largest absolute Gasteiger partial charge is 0.493 e. The molecule has 1 amide bonds. The third-order valence-corrected chi connectivity index (χ3v) is 2.78. The van der Waals surface area contributed by atoms with E-state index in [-0.39, 0.29) is 12.4 Å². The molecule has 2 aromatic carbocycles. The highest BCUT2D eigenvalue weighted by Gasteiger charge is 2.09. The third kappa shape index (κ3) is 3.96. The van der Waals surface area contributed by atoms with Crippen LogP contribution in [-0.2, 0) is 4.79 Å². The van der Waals surface area contributed by atoms with E-state index in [1.807, 2.05) is 6.07 Å². The number of carbonyl (C=O) groups is 1. The van der Waals surface area contributed by atoms with Crippen LogP contribution in [0.3, 0.4) is 0 Å². The maximum Gasteiger partial charge on any atom is 0.262 e. The average molecular weight is 300 g/mol. The number of nitrogens with one attached hydrogen (secondary N) is 1. The summed E-state index contributed by atoms with van der Waals surface area (Å²) in [6.07, 6.45) is 0. The molecule has 0 aliphatic rings. The Morgan fingerprint density at radius 1 is 1.23 bits per heavy atom. The molecule has 112 valence electrons. The van der Waals surface area contributed by atoms with Gasteiger partial charge in [-0.3, -0.25) is 4.79 Å². The molecule has 0 radical (unpaired) electrons. The summed E-state index contributed by atoms with van der Waals surface area (Å²) in [4.78, 5) is 11.8. The maximum absolute atomic E-state index is 12.8. The molecule has 2 aromatic rings. The molecule has 22 heavy (non-hydrogen) atoms. The van der Waals surface area contributed by atoms with Crippen LogP contribution < -0.4 is 14.8 Å². The number of nitriles is 1. The molecule has 0 aromatic heterocycles. The molecule has 0 aliphatic carbocycles. The van der Waals surface area contributed by atoms with Crippen LogP contribution >= 0.6 is 0 Å². The van der Waals surface area contributed by atoms with Gasteiger partial charge in [-0.1, -0.05) is 0 Å². The second-order valence-electron chi connectivity index (χ2n) is 4.32. The smallest absolute Gasteiger partial charge is 0.262 e. The van der Waals surface area contributed by atoms with Crippen LogP contribution in [0.15, 0.2) is 42.5 Å². The van der Waals surface area contributed by atoms with E-state index in [0.29, 0.717) is 22.7 Å². The van der Waals surface area contributed by atoms with Gasteiger partial charge in [0.1, 0.15) is 5.82 Å². The third-order valence-electron chi connectivity index (χ3n) is 2.78. The minimum Gasteiger partial charge on any atom is -0.493 e.